The minimum absolute atomic E-state index is 0.0250. The first-order valence-electron chi connectivity index (χ1n) is 5.54. The van der Waals surface area contributed by atoms with Gasteiger partial charge in [0.2, 0.25) is 0 Å². The maximum atomic E-state index is 11.1. The van der Waals surface area contributed by atoms with Crippen LogP contribution in [-0.2, 0) is 0 Å². The molecule has 0 saturated heterocycles. The second-order valence-electron chi connectivity index (χ2n) is 4.07. The normalized spacial score (nSPS) is 10.2. The SMILES string of the molecule is Cc1cc(Oc2cccc(Cl)c2)cc(C(=O)O)c1N. The van der Waals surface area contributed by atoms with Crippen LogP contribution in [0.25, 0.3) is 0 Å². The third-order valence-electron chi connectivity index (χ3n) is 2.62. The Labute approximate surface area is 115 Å². The zero-order valence-corrected chi connectivity index (χ0v) is 10.9. The van der Waals surface area contributed by atoms with Gasteiger partial charge in [0, 0.05) is 10.7 Å². The number of hydrogen-bond donors (Lipinski definition) is 2. The van der Waals surface area contributed by atoms with Gasteiger partial charge in [-0.2, -0.15) is 0 Å². The van der Waals surface area contributed by atoms with E-state index >= 15 is 0 Å². The number of aromatic carboxylic acids is 1. The summed E-state index contributed by atoms with van der Waals surface area (Å²) >= 11 is 5.86. The molecule has 98 valence electrons. The van der Waals surface area contributed by atoms with Crippen LogP contribution >= 0.6 is 11.6 Å². The lowest BCUT2D eigenvalue weighted by atomic mass is 10.1. The van der Waals surface area contributed by atoms with Crippen molar-refractivity contribution in [2.24, 2.45) is 0 Å². The van der Waals surface area contributed by atoms with Crippen molar-refractivity contribution in [2.75, 3.05) is 5.73 Å². The minimum Gasteiger partial charge on any atom is -0.478 e. The van der Waals surface area contributed by atoms with Crippen molar-refractivity contribution in [2.45, 2.75) is 6.92 Å². The molecular formula is C14H12ClNO3. The number of rotatable bonds is 3. The van der Waals surface area contributed by atoms with Gasteiger partial charge in [0.25, 0.3) is 0 Å². The Kier molecular flexibility index (Phi) is 3.62. The van der Waals surface area contributed by atoms with Gasteiger partial charge in [-0.25, -0.2) is 4.79 Å². The van der Waals surface area contributed by atoms with Crippen LogP contribution in [0.5, 0.6) is 11.5 Å². The van der Waals surface area contributed by atoms with Crippen molar-refractivity contribution in [3.05, 3.63) is 52.5 Å². The molecule has 19 heavy (non-hydrogen) atoms. The number of aryl methyl sites for hydroxylation is 1. The van der Waals surface area contributed by atoms with Crippen LogP contribution < -0.4 is 10.5 Å². The molecule has 0 aliphatic carbocycles. The molecule has 0 heterocycles. The minimum atomic E-state index is -1.09. The summed E-state index contributed by atoms with van der Waals surface area (Å²) in [5.74, 6) is -0.142. The van der Waals surface area contributed by atoms with Crippen LogP contribution in [0, 0.1) is 6.92 Å². The molecule has 0 amide bonds. The number of anilines is 1. The van der Waals surface area contributed by atoms with E-state index in [1.807, 2.05) is 0 Å². The van der Waals surface area contributed by atoms with E-state index in [2.05, 4.69) is 0 Å². The highest BCUT2D eigenvalue weighted by Crippen LogP contribution is 2.29. The number of carbonyl (C=O) groups is 1. The Hall–Kier alpha value is -2.20. The number of ether oxygens (including phenoxy) is 1. The van der Waals surface area contributed by atoms with Crippen molar-refractivity contribution < 1.29 is 14.6 Å². The zero-order valence-electron chi connectivity index (χ0n) is 10.2. The molecule has 0 radical (unpaired) electrons. The Bertz CT molecular complexity index is 641. The van der Waals surface area contributed by atoms with E-state index in [9.17, 15) is 4.79 Å². The van der Waals surface area contributed by atoms with Crippen LogP contribution in [0.2, 0.25) is 5.02 Å². The second kappa shape index (κ2) is 5.20. The van der Waals surface area contributed by atoms with Crippen LogP contribution in [0.1, 0.15) is 15.9 Å². The molecule has 0 fully saturated rings. The van der Waals surface area contributed by atoms with Crippen LogP contribution in [-0.4, -0.2) is 11.1 Å². The summed E-state index contributed by atoms with van der Waals surface area (Å²) in [5, 5.41) is 9.61. The monoisotopic (exact) mass is 277 g/mol. The highest BCUT2D eigenvalue weighted by molar-refractivity contribution is 6.30. The number of nitrogens with two attached hydrogens (primary N) is 1. The molecule has 0 bridgehead atoms. The van der Waals surface area contributed by atoms with E-state index in [1.165, 1.54) is 6.07 Å². The molecule has 0 aliphatic heterocycles. The lowest BCUT2D eigenvalue weighted by Crippen LogP contribution is -2.04. The molecule has 0 spiro atoms. The average molecular weight is 278 g/mol. The third-order valence-corrected chi connectivity index (χ3v) is 2.86. The van der Waals surface area contributed by atoms with Gasteiger partial charge < -0.3 is 15.6 Å². The van der Waals surface area contributed by atoms with Crippen LogP contribution in [0.4, 0.5) is 5.69 Å². The molecule has 2 aromatic rings. The molecule has 0 aliphatic rings. The standard InChI is InChI=1S/C14H12ClNO3/c1-8-5-11(7-12(13(8)16)14(17)18)19-10-4-2-3-9(15)6-10/h2-7H,16H2,1H3,(H,17,18). The largest absolute Gasteiger partial charge is 0.478 e. The smallest absolute Gasteiger partial charge is 0.337 e. The van der Waals surface area contributed by atoms with Crippen LogP contribution in [0.15, 0.2) is 36.4 Å². The third kappa shape index (κ3) is 2.98. The van der Waals surface area contributed by atoms with Crippen molar-refractivity contribution in [3.8, 4) is 11.5 Å². The predicted molar refractivity (Wildman–Crippen MR) is 74.1 cm³/mol. The van der Waals surface area contributed by atoms with E-state index in [0.717, 1.165) is 0 Å². The Morgan fingerprint density at radius 2 is 2.00 bits per heavy atom. The predicted octanol–water partition coefficient (Wildman–Crippen LogP) is 3.72. The van der Waals surface area contributed by atoms with Crippen molar-refractivity contribution >= 4 is 23.3 Å². The van der Waals surface area contributed by atoms with Crippen molar-refractivity contribution in [1.29, 1.82) is 0 Å². The van der Waals surface area contributed by atoms with E-state index in [-0.39, 0.29) is 11.3 Å². The molecule has 3 N–H and O–H groups in total. The molecular weight excluding hydrogens is 266 g/mol. The lowest BCUT2D eigenvalue weighted by molar-refractivity contribution is 0.0697. The van der Waals surface area contributed by atoms with Gasteiger partial charge >= 0.3 is 5.97 Å². The number of carboxylic acids is 1. The molecule has 0 saturated carbocycles. The molecule has 5 heteroatoms. The molecule has 0 aromatic heterocycles. The average Bonchev–Trinajstić information content (AvgIpc) is 2.33. The number of benzene rings is 2. The Morgan fingerprint density at radius 1 is 1.26 bits per heavy atom. The summed E-state index contributed by atoms with van der Waals surface area (Å²) in [5.41, 5.74) is 6.63. The first-order valence-corrected chi connectivity index (χ1v) is 5.92. The summed E-state index contributed by atoms with van der Waals surface area (Å²) in [6.45, 7) is 1.73. The summed E-state index contributed by atoms with van der Waals surface area (Å²) < 4.78 is 5.58. The molecule has 4 nitrogen and oxygen atoms in total. The molecule has 2 aromatic carbocycles. The van der Waals surface area contributed by atoms with Gasteiger partial charge in [-0.05, 0) is 42.8 Å². The summed E-state index contributed by atoms with van der Waals surface area (Å²) in [6, 6.07) is 9.94. The number of hydrogen-bond acceptors (Lipinski definition) is 3. The number of carboxylic acid groups (broad SMARTS) is 1. The van der Waals surface area contributed by atoms with Crippen molar-refractivity contribution in [3.63, 3.8) is 0 Å². The fourth-order valence-electron chi connectivity index (χ4n) is 1.67. The second-order valence-corrected chi connectivity index (χ2v) is 4.50. The maximum Gasteiger partial charge on any atom is 0.337 e. The van der Waals surface area contributed by atoms with E-state index < -0.39 is 5.97 Å². The van der Waals surface area contributed by atoms with E-state index in [0.29, 0.717) is 22.1 Å². The van der Waals surface area contributed by atoms with Gasteiger partial charge in [0.05, 0.1) is 5.56 Å². The number of halogens is 1. The topological polar surface area (TPSA) is 72.5 Å². The highest BCUT2D eigenvalue weighted by Gasteiger charge is 2.12. The summed E-state index contributed by atoms with van der Waals surface area (Å²) in [6.07, 6.45) is 0. The van der Waals surface area contributed by atoms with Gasteiger partial charge in [-0.1, -0.05) is 17.7 Å². The summed E-state index contributed by atoms with van der Waals surface area (Å²) in [7, 11) is 0. The zero-order chi connectivity index (χ0) is 14.0. The molecule has 0 unspecified atom stereocenters. The maximum absolute atomic E-state index is 11.1. The molecule has 2 rings (SSSR count). The van der Waals surface area contributed by atoms with Gasteiger partial charge in [-0.15, -0.1) is 0 Å². The summed E-state index contributed by atoms with van der Waals surface area (Å²) in [4.78, 5) is 11.1. The highest BCUT2D eigenvalue weighted by atomic mass is 35.5. The number of nitrogen functional groups attached to an aromatic ring is 1. The Morgan fingerprint density at radius 3 is 2.63 bits per heavy atom. The van der Waals surface area contributed by atoms with Gasteiger partial charge in [0.15, 0.2) is 0 Å². The lowest BCUT2D eigenvalue weighted by Gasteiger charge is -2.10. The van der Waals surface area contributed by atoms with Gasteiger partial charge in [-0.3, -0.25) is 0 Å². The van der Waals surface area contributed by atoms with Crippen LogP contribution in [0.3, 0.4) is 0 Å². The first kappa shape index (κ1) is 13.2. The quantitative estimate of drug-likeness (QED) is 0.839. The fraction of sp³-hybridized carbons (Fsp3) is 0.0714. The first-order chi connectivity index (χ1) is 8.97. The van der Waals surface area contributed by atoms with Crippen molar-refractivity contribution in [1.82, 2.24) is 0 Å². The fourth-order valence-corrected chi connectivity index (χ4v) is 1.85. The van der Waals surface area contributed by atoms with Gasteiger partial charge in [0.1, 0.15) is 11.5 Å². The Balaban J connectivity index is 2.38. The van der Waals surface area contributed by atoms with E-state index in [1.54, 1.807) is 37.3 Å². The van der Waals surface area contributed by atoms with E-state index in [4.69, 9.17) is 27.2 Å². The molecule has 0 atom stereocenters.